The lowest BCUT2D eigenvalue weighted by atomic mass is 10.1. The van der Waals surface area contributed by atoms with Crippen molar-refractivity contribution >= 4 is 67.2 Å². The van der Waals surface area contributed by atoms with E-state index in [-0.39, 0.29) is 12.2 Å². The molecule has 0 aromatic heterocycles. The van der Waals surface area contributed by atoms with Crippen LogP contribution < -0.4 is 10.2 Å². The zero-order valence-electron chi connectivity index (χ0n) is 16.4. The van der Waals surface area contributed by atoms with E-state index in [9.17, 15) is 18.0 Å². The minimum Gasteiger partial charge on any atom is -0.486 e. The molecule has 0 fully saturated rings. The zero-order chi connectivity index (χ0) is 24.2. The van der Waals surface area contributed by atoms with Crippen molar-refractivity contribution in [2.75, 3.05) is 0 Å². The first kappa shape index (κ1) is 25.6. The molecule has 3 aromatic rings. The van der Waals surface area contributed by atoms with Gasteiger partial charge in [0.1, 0.15) is 12.4 Å². The standard InChI is InChI=1S/C22H13Br2Cl2F3N2O2/c23-17-6-12(7-18(24)20(17)33-11-14-4-5-16(25)9-19(14)26)10-30-31-21(32)13-2-1-3-15(8-13)22(27,28)29/h1-10H,11H2,(H,31,32)/b30-10-. The molecule has 0 heterocycles. The lowest BCUT2D eigenvalue weighted by Crippen LogP contribution is -2.18. The number of nitrogens with one attached hydrogen (secondary N) is 1. The molecular formula is C22H13Br2Cl2F3N2O2. The summed E-state index contributed by atoms with van der Waals surface area (Å²) >= 11 is 18.9. The monoisotopic (exact) mass is 622 g/mol. The van der Waals surface area contributed by atoms with Crippen LogP contribution in [0.5, 0.6) is 5.75 Å². The van der Waals surface area contributed by atoms with Gasteiger partial charge >= 0.3 is 6.18 Å². The van der Waals surface area contributed by atoms with Gasteiger partial charge in [0.2, 0.25) is 0 Å². The Bertz CT molecular complexity index is 1200. The molecule has 0 bridgehead atoms. The molecule has 1 N–H and O–H groups in total. The second-order valence-corrected chi connectivity index (χ2v) is 9.17. The van der Waals surface area contributed by atoms with Gasteiger partial charge in [-0.25, -0.2) is 5.43 Å². The van der Waals surface area contributed by atoms with Crippen molar-refractivity contribution in [1.29, 1.82) is 0 Å². The Hall–Kier alpha value is -2.07. The van der Waals surface area contributed by atoms with Gasteiger partial charge in [-0.3, -0.25) is 4.79 Å². The van der Waals surface area contributed by atoms with Gasteiger partial charge < -0.3 is 4.74 Å². The van der Waals surface area contributed by atoms with Crippen LogP contribution in [0.15, 0.2) is 68.6 Å². The molecule has 0 atom stereocenters. The maximum absolute atomic E-state index is 12.8. The molecule has 0 aliphatic carbocycles. The fourth-order valence-corrected chi connectivity index (χ4v) is 4.56. The molecule has 172 valence electrons. The molecule has 11 heteroatoms. The predicted molar refractivity (Wildman–Crippen MR) is 129 cm³/mol. The summed E-state index contributed by atoms with van der Waals surface area (Å²) in [4.78, 5) is 12.1. The number of carbonyl (C=O) groups excluding carboxylic acids is 1. The number of hydrogen-bond donors (Lipinski definition) is 1. The minimum absolute atomic E-state index is 0.158. The number of carbonyl (C=O) groups is 1. The van der Waals surface area contributed by atoms with Crippen molar-refractivity contribution in [3.63, 3.8) is 0 Å². The average Bonchev–Trinajstić information content (AvgIpc) is 2.74. The number of nitrogens with zero attached hydrogens (tertiary/aromatic N) is 1. The predicted octanol–water partition coefficient (Wildman–Crippen LogP) is 7.88. The van der Waals surface area contributed by atoms with Crippen molar-refractivity contribution in [2.45, 2.75) is 12.8 Å². The molecule has 33 heavy (non-hydrogen) atoms. The number of ether oxygens (including phenoxy) is 1. The second-order valence-electron chi connectivity index (χ2n) is 6.62. The third-order valence-electron chi connectivity index (χ3n) is 4.24. The number of halogens is 7. The molecule has 0 spiro atoms. The Labute approximate surface area is 214 Å². The molecule has 0 aliphatic heterocycles. The van der Waals surface area contributed by atoms with E-state index in [1.807, 2.05) is 0 Å². The van der Waals surface area contributed by atoms with Crippen LogP contribution in [0.3, 0.4) is 0 Å². The Balaban J connectivity index is 1.66. The Kier molecular flexibility index (Phi) is 8.44. The Morgan fingerprint density at radius 1 is 1.06 bits per heavy atom. The highest BCUT2D eigenvalue weighted by molar-refractivity contribution is 9.11. The van der Waals surface area contributed by atoms with E-state index in [0.29, 0.717) is 30.3 Å². The first-order valence-electron chi connectivity index (χ1n) is 9.11. The molecule has 4 nitrogen and oxygen atoms in total. The van der Waals surface area contributed by atoms with Gasteiger partial charge in [-0.15, -0.1) is 0 Å². The van der Waals surface area contributed by atoms with Gasteiger partial charge in [-0.2, -0.15) is 18.3 Å². The first-order chi connectivity index (χ1) is 15.5. The fraction of sp³-hybridized carbons (Fsp3) is 0.0909. The topological polar surface area (TPSA) is 50.7 Å². The number of rotatable bonds is 6. The molecule has 3 rings (SSSR count). The van der Waals surface area contributed by atoms with E-state index >= 15 is 0 Å². The maximum atomic E-state index is 12.8. The van der Waals surface area contributed by atoms with E-state index in [0.717, 1.165) is 23.8 Å². The van der Waals surface area contributed by atoms with Gasteiger partial charge in [-0.1, -0.05) is 35.3 Å². The first-order valence-corrected chi connectivity index (χ1v) is 11.4. The van der Waals surface area contributed by atoms with Crippen molar-refractivity contribution in [3.05, 3.63) is 95.8 Å². The quantitative estimate of drug-likeness (QED) is 0.224. The largest absolute Gasteiger partial charge is 0.486 e. The van der Waals surface area contributed by atoms with Gasteiger partial charge in [0.25, 0.3) is 5.91 Å². The van der Waals surface area contributed by atoms with Gasteiger partial charge in [0.05, 0.1) is 20.7 Å². The summed E-state index contributed by atoms with van der Waals surface area (Å²) in [6.45, 7) is 0.202. The summed E-state index contributed by atoms with van der Waals surface area (Å²) in [6, 6.07) is 12.6. The average molecular weight is 625 g/mol. The van der Waals surface area contributed by atoms with Crippen LogP contribution in [0.4, 0.5) is 13.2 Å². The van der Waals surface area contributed by atoms with E-state index in [4.69, 9.17) is 27.9 Å². The second kappa shape index (κ2) is 10.9. The van der Waals surface area contributed by atoms with E-state index < -0.39 is 17.6 Å². The number of benzene rings is 3. The highest BCUT2D eigenvalue weighted by Gasteiger charge is 2.30. The van der Waals surface area contributed by atoms with Crippen molar-refractivity contribution in [3.8, 4) is 5.75 Å². The van der Waals surface area contributed by atoms with Gasteiger partial charge in [-0.05, 0) is 79.9 Å². The summed E-state index contributed by atoms with van der Waals surface area (Å²) in [5, 5.41) is 4.82. The van der Waals surface area contributed by atoms with E-state index in [1.54, 1.807) is 30.3 Å². The lowest BCUT2D eigenvalue weighted by Gasteiger charge is -2.12. The number of amides is 1. The molecular weight excluding hydrogens is 612 g/mol. The van der Waals surface area contributed by atoms with E-state index in [1.165, 1.54) is 12.3 Å². The third-order valence-corrected chi connectivity index (χ3v) is 6.00. The number of alkyl halides is 3. The molecule has 3 aromatic carbocycles. The van der Waals surface area contributed by atoms with Crippen molar-refractivity contribution < 1.29 is 22.7 Å². The third kappa shape index (κ3) is 6.96. The summed E-state index contributed by atoms with van der Waals surface area (Å²) in [6.07, 6.45) is -3.19. The lowest BCUT2D eigenvalue weighted by molar-refractivity contribution is -0.137. The molecule has 0 saturated heterocycles. The van der Waals surface area contributed by atoms with E-state index in [2.05, 4.69) is 42.4 Å². The molecule has 0 aliphatic rings. The van der Waals surface area contributed by atoms with Crippen molar-refractivity contribution in [2.24, 2.45) is 5.10 Å². The zero-order valence-corrected chi connectivity index (χ0v) is 21.1. The fourth-order valence-electron chi connectivity index (χ4n) is 2.65. The van der Waals surface area contributed by atoms with Crippen molar-refractivity contribution in [1.82, 2.24) is 5.43 Å². The van der Waals surface area contributed by atoms with Crippen LogP contribution in [-0.4, -0.2) is 12.1 Å². The van der Waals surface area contributed by atoms with Gasteiger partial charge in [0.15, 0.2) is 0 Å². The molecule has 0 saturated carbocycles. The van der Waals surface area contributed by atoms with Crippen LogP contribution >= 0.6 is 55.1 Å². The van der Waals surface area contributed by atoms with Crippen LogP contribution in [0.25, 0.3) is 0 Å². The molecule has 0 radical (unpaired) electrons. The number of hydrazone groups is 1. The minimum atomic E-state index is -4.54. The van der Waals surface area contributed by atoms with Crippen LogP contribution in [-0.2, 0) is 12.8 Å². The number of hydrogen-bond acceptors (Lipinski definition) is 3. The van der Waals surface area contributed by atoms with Crippen LogP contribution in [0.2, 0.25) is 10.0 Å². The summed E-state index contributed by atoms with van der Waals surface area (Å²) in [5.41, 5.74) is 2.49. The maximum Gasteiger partial charge on any atom is 0.416 e. The van der Waals surface area contributed by atoms with Crippen LogP contribution in [0, 0.1) is 0 Å². The summed E-state index contributed by atoms with van der Waals surface area (Å²) in [5.74, 6) is -0.249. The molecule has 0 unspecified atom stereocenters. The highest BCUT2D eigenvalue weighted by Crippen LogP contribution is 2.35. The highest BCUT2D eigenvalue weighted by atomic mass is 79.9. The summed E-state index contributed by atoms with van der Waals surface area (Å²) in [7, 11) is 0. The van der Waals surface area contributed by atoms with Crippen LogP contribution in [0.1, 0.15) is 27.0 Å². The normalized spacial score (nSPS) is 11.6. The summed E-state index contributed by atoms with van der Waals surface area (Å²) < 4.78 is 45.5. The Morgan fingerprint density at radius 3 is 2.39 bits per heavy atom. The smallest absolute Gasteiger partial charge is 0.416 e. The SMILES string of the molecule is O=C(N/N=C\c1cc(Br)c(OCc2ccc(Cl)cc2Cl)c(Br)c1)c1cccc(C(F)(F)F)c1. The van der Waals surface area contributed by atoms with Gasteiger partial charge in [0, 0.05) is 21.2 Å². The Morgan fingerprint density at radius 2 is 1.76 bits per heavy atom. The molecule has 1 amide bonds.